The van der Waals surface area contributed by atoms with Crippen LogP contribution in [0.3, 0.4) is 0 Å². The van der Waals surface area contributed by atoms with Crippen molar-refractivity contribution in [1.29, 1.82) is 0 Å². The average Bonchev–Trinajstić information content (AvgIpc) is 2.95. The molecule has 4 rings (SSSR count). The van der Waals surface area contributed by atoms with Gasteiger partial charge in [0, 0.05) is 30.5 Å². The van der Waals surface area contributed by atoms with Gasteiger partial charge in [-0.1, -0.05) is 0 Å². The van der Waals surface area contributed by atoms with Crippen LogP contribution in [0.25, 0.3) is 10.2 Å². The van der Waals surface area contributed by atoms with Crippen molar-refractivity contribution in [2.24, 2.45) is 5.92 Å². The number of hydrogen-bond acceptors (Lipinski definition) is 7. The molecule has 7 heteroatoms. The Morgan fingerprint density at radius 2 is 2.08 bits per heavy atom. The molecular weight excluding hydrogens is 324 g/mol. The quantitative estimate of drug-likeness (QED) is 0.774. The SMILES string of the molecule is Nc1nc(CN2CC[C@@H](O)[C@@H](CO)C2)nc2sc3c(c12)CCCC3. The molecule has 0 aromatic carbocycles. The van der Waals surface area contributed by atoms with Crippen molar-refractivity contribution >= 4 is 27.4 Å². The van der Waals surface area contributed by atoms with Gasteiger partial charge in [-0.3, -0.25) is 4.90 Å². The van der Waals surface area contributed by atoms with E-state index in [-0.39, 0.29) is 12.5 Å². The van der Waals surface area contributed by atoms with E-state index >= 15 is 0 Å². The summed E-state index contributed by atoms with van der Waals surface area (Å²) in [5.41, 5.74) is 7.63. The third kappa shape index (κ3) is 2.90. The zero-order valence-corrected chi connectivity index (χ0v) is 14.6. The van der Waals surface area contributed by atoms with Crippen molar-refractivity contribution in [1.82, 2.24) is 14.9 Å². The van der Waals surface area contributed by atoms with Gasteiger partial charge in [0.2, 0.25) is 0 Å². The van der Waals surface area contributed by atoms with Crippen molar-refractivity contribution in [3.05, 3.63) is 16.3 Å². The van der Waals surface area contributed by atoms with Crippen molar-refractivity contribution < 1.29 is 10.2 Å². The van der Waals surface area contributed by atoms with Gasteiger partial charge in [0.05, 0.1) is 18.0 Å². The summed E-state index contributed by atoms with van der Waals surface area (Å²) >= 11 is 1.77. The third-order valence-corrected chi connectivity index (χ3v) is 6.45. The number of rotatable bonds is 3. The topological polar surface area (TPSA) is 95.5 Å². The maximum absolute atomic E-state index is 9.90. The van der Waals surface area contributed by atoms with Crippen LogP contribution >= 0.6 is 11.3 Å². The molecule has 24 heavy (non-hydrogen) atoms. The standard InChI is InChI=1S/C17H24N4O2S/c18-16-15-11-3-1-2-4-13(11)24-17(15)20-14(19-16)8-21-6-5-12(23)10(7-21)9-22/h10,12,22-23H,1-9H2,(H2,18,19,20)/t10-,12-/m1/s1. The lowest BCUT2D eigenvalue weighted by atomic mass is 9.95. The Kier molecular flexibility index (Phi) is 4.42. The summed E-state index contributed by atoms with van der Waals surface area (Å²) in [6, 6.07) is 0. The largest absolute Gasteiger partial charge is 0.396 e. The normalized spacial score (nSPS) is 25.1. The Hall–Kier alpha value is -1.28. The van der Waals surface area contributed by atoms with E-state index in [0.717, 1.165) is 35.4 Å². The number of nitrogens with zero attached hydrogens (tertiary/aromatic N) is 3. The smallest absolute Gasteiger partial charge is 0.146 e. The van der Waals surface area contributed by atoms with Gasteiger partial charge in [-0.25, -0.2) is 9.97 Å². The predicted octanol–water partition coefficient (Wildman–Crippen LogP) is 1.33. The molecular formula is C17H24N4O2S. The second-order valence-electron chi connectivity index (χ2n) is 6.95. The van der Waals surface area contributed by atoms with E-state index < -0.39 is 6.10 Å². The third-order valence-electron chi connectivity index (χ3n) is 5.27. The molecule has 0 radical (unpaired) electrons. The van der Waals surface area contributed by atoms with Gasteiger partial charge in [-0.2, -0.15) is 0 Å². The Morgan fingerprint density at radius 1 is 1.25 bits per heavy atom. The molecule has 0 amide bonds. The molecule has 1 fully saturated rings. The van der Waals surface area contributed by atoms with Gasteiger partial charge in [0.15, 0.2) is 0 Å². The fraction of sp³-hybridized carbons (Fsp3) is 0.647. The molecule has 1 aliphatic heterocycles. The molecule has 0 spiro atoms. The van der Waals surface area contributed by atoms with Gasteiger partial charge >= 0.3 is 0 Å². The molecule has 130 valence electrons. The molecule has 2 aliphatic rings. The number of thiophene rings is 1. The van der Waals surface area contributed by atoms with Crippen LogP contribution in [0.15, 0.2) is 0 Å². The highest BCUT2D eigenvalue weighted by Gasteiger charge is 2.28. The first kappa shape index (κ1) is 16.2. The van der Waals surface area contributed by atoms with Crippen LogP contribution in [-0.2, 0) is 19.4 Å². The highest BCUT2D eigenvalue weighted by atomic mass is 32.1. The second-order valence-corrected chi connectivity index (χ2v) is 8.03. The molecule has 6 nitrogen and oxygen atoms in total. The van der Waals surface area contributed by atoms with Crippen LogP contribution in [0.2, 0.25) is 0 Å². The fourth-order valence-electron chi connectivity index (χ4n) is 3.92. The van der Waals surface area contributed by atoms with E-state index in [1.165, 1.54) is 23.3 Å². The summed E-state index contributed by atoms with van der Waals surface area (Å²) in [6.07, 6.45) is 4.95. The van der Waals surface area contributed by atoms with E-state index in [1.807, 2.05) is 0 Å². The van der Waals surface area contributed by atoms with Crippen LogP contribution in [0.4, 0.5) is 5.82 Å². The zero-order valence-electron chi connectivity index (χ0n) is 13.7. The summed E-state index contributed by atoms with van der Waals surface area (Å²) in [5, 5.41) is 20.4. The summed E-state index contributed by atoms with van der Waals surface area (Å²) in [6.45, 7) is 2.09. The number of hydrogen-bond donors (Lipinski definition) is 3. The van der Waals surface area contributed by atoms with E-state index in [1.54, 1.807) is 11.3 Å². The first-order chi connectivity index (χ1) is 11.7. The monoisotopic (exact) mass is 348 g/mol. The Labute approximate surface area is 145 Å². The fourth-order valence-corrected chi connectivity index (χ4v) is 5.21. The van der Waals surface area contributed by atoms with Gasteiger partial charge in [0.1, 0.15) is 16.5 Å². The number of nitrogens with two attached hydrogens (primary N) is 1. The molecule has 2 atom stereocenters. The van der Waals surface area contributed by atoms with Crippen molar-refractivity contribution in [2.75, 3.05) is 25.4 Å². The van der Waals surface area contributed by atoms with Gasteiger partial charge < -0.3 is 15.9 Å². The molecule has 0 unspecified atom stereocenters. The van der Waals surface area contributed by atoms with Gasteiger partial charge in [0.25, 0.3) is 0 Å². The van der Waals surface area contributed by atoms with Crippen LogP contribution in [0.5, 0.6) is 0 Å². The van der Waals surface area contributed by atoms with E-state index in [2.05, 4.69) is 9.88 Å². The number of aryl methyl sites for hydroxylation is 2. The minimum Gasteiger partial charge on any atom is -0.396 e. The summed E-state index contributed by atoms with van der Waals surface area (Å²) < 4.78 is 0. The summed E-state index contributed by atoms with van der Waals surface area (Å²) in [5.74, 6) is 1.26. The van der Waals surface area contributed by atoms with Gasteiger partial charge in [-0.15, -0.1) is 11.3 Å². The minimum absolute atomic E-state index is 0.0113. The lowest BCUT2D eigenvalue weighted by Gasteiger charge is -2.34. The number of aromatic nitrogens is 2. The molecule has 3 heterocycles. The van der Waals surface area contributed by atoms with E-state index in [9.17, 15) is 10.2 Å². The van der Waals surface area contributed by atoms with Crippen molar-refractivity contribution in [3.63, 3.8) is 0 Å². The molecule has 2 aromatic rings. The maximum atomic E-state index is 9.90. The number of aliphatic hydroxyl groups is 2. The van der Waals surface area contributed by atoms with E-state index in [0.29, 0.717) is 25.3 Å². The number of likely N-dealkylation sites (tertiary alicyclic amines) is 1. The average molecular weight is 348 g/mol. The number of fused-ring (bicyclic) bond motifs is 3. The molecule has 0 saturated carbocycles. The minimum atomic E-state index is -0.413. The molecule has 1 saturated heterocycles. The summed E-state index contributed by atoms with van der Waals surface area (Å²) in [4.78, 5) is 14.0. The van der Waals surface area contributed by atoms with E-state index in [4.69, 9.17) is 10.7 Å². The molecule has 1 aliphatic carbocycles. The maximum Gasteiger partial charge on any atom is 0.146 e. The second kappa shape index (κ2) is 6.55. The number of anilines is 1. The Balaban J connectivity index is 1.59. The molecule has 0 bridgehead atoms. The van der Waals surface area contributed by atoms with Crippen LogP contribution in [0, 0.1) is 5.92 Å². The van der Waals surface area contributed by atoms with Crippen molar-refractivity contribution in [2.45, 2.75) is 44.8 Å². The van der Waals surface area contributed by atoms with Gasteiger partial charge in [-0.05, 0) is 37.7 Å². The van der Waals surface area contributed by atoms with Crippen molar-refractivity contribution in [3.8, 4) is 0 Å². The number of piperidine rings is 1. The lowest BCUT2D eigenvalue weighted by molar-refractivity contribution is -0.00269. The first-order valence-electron chi connectivity index (χ1n) is 8.73. The molecule has 2 aromatic heterocycles. The highest BCUT2D eigenvalue weighted by molar-refractivity contribution is 7.19. The van der Waals surface area contributed by atoms with Crippen LogP contribution in [0.1, 0.15) is 35.5 Å². The zero-order chi connectivity index (χ0) is 16.7. The first-order valence-corrected chi connectivity index (χ1v) is 9.55. The number of aliphatic hydroxyl groups excluding tert-OH is 2. The summed E-state index contributed by atoms with van der Waals surface area (Å²) in [7, 11) is 0. The van der Waals surface area contributed by atoms with Crippen LogP contribution < -0.4 is 5.73 Å². The predicted molar refractivity (Wildman–Crippen MR) is 94.9 cm³/mol. The Morgan fingerprint density at radius 3 is 2.92 bits per heavy atom. The Bertz CT molecular complexity index is 748. The number of nitrogen functional groups attached to an aromatic ring is 1. The molecule has 4 N–H and O–H groups in total. The lowest BCUT2D eigenvalue weighted by Crippen LogP contribution is -2.44. The van der Waals surface area contributed by atoms with Crippen LogP contribution in [-0.4, -0.2) is 50.9 Å². The highest BCUT2D eigenvalue weighted by Crippen LogP contribution is 2.37.